The van der Waals surface area contributed by atoms with E-state index in [4.69, 9.17) is 0 Å². The van der Waals surface area contributed by atoms with Crippen molar-refractivity contribution in [1.29, 1.82) is 0 Å². The summed E-state index contributed by atoms with van der Waals surface area (Å²) in [7, 11) is 1.53. The van der Waals surface area contributed by atoms with E-state index in [0.29, 0.717) is 11.3 Å². The molecule has 5 heteroatoms. The average Bonchev–Trinajstić information content (AvgIpc) is 3.15. The number of hydrogen-bond acceptors (Lipinski definition) is 3. The summed E-state index contributed by atoms with van der Waals surface area (Å²) in [5.41, 5.74) is 2.96. The Morgan fingerprint density at radius 3 is 2.77 bits per heavy atom. The lowest BCUT2D eigenvalue weighted by Gasteiger charge is -2.17. The first-order valence-electron chi connectivity index (χ1n) is 6.95. The Kier molecular flexibility index (Phi) is 3.70. The molecule has 0 fully saturated rings. The molecule has 2 amide bonds. The average molecular weight is 293 g/mol. The van der Waals surface area contributed by atoms with Gasteiger partial charge < -0.3 is 10.6 Å². The first-order valence-corrected chi connectivity index (χ1v) is 6.95. The van der Waals surface area contributed by atoms with Gasteiger partial charge >= 0.3 is 0 Å². The van der Waals surface area contributed by atoms with Gasteiger partial charge in [-0.2, -0.15) is 0 Å². The number of nitrogens with zero attached hydrogens (tertiary/aromatic N) is 1. The predicted octanol–water partition coefficient (Wildman–Crippen LogP) is 1.35. The maximum absolute atomic E-state index is 12.5. The zero-order valence-corrected chi connectivity index (χ0v) is 12.0. The summed E-state index contributed by atoms with van der Waals surface area (Å²) >= 11 is 0. The molecular weight excluding hydrogens is 278 g/mol. The van der Waals surface area contributed by atoms with E-state index in [1.54, 1.807) is 30.5 Å². The Morgan fingerprint density at radius 2 is 2.05 bits per heavy atom. The van der Waals surface area contributed by atoms with Gasteiger partial charge in [0.15, 0.2) is 6.04 Å². The van der Waals surface area contributed by atoms with Gasteiger partial charge in [0.1, 0.15) is 0 Å². The molecule has 0 bridgehead atoms. The molecule has 1 heterocycles. The molecule has 1 unspecified atom stereocenters. The molecule has 0 saturated heterocycles. The van der Waals surface area contributed by atoms with Crippen LogP contribution in [-0.2, 0) is 9.59 Å². The van der Waals surface area contributed by atoms with E-state index >= 15 is 0 Å². The molecule has 0 aromatic carbocycles. The Bertz CT molecular complexity index is 742. The van der Waals surface area contributed by atoms with Crippen LogP contribution in [0.5, 0.6) is 0 Å². The Labute approximate surface area is 128 Å². The highest BCUT2D eigenvalue weighted by molar-refractivity contribution is 6.02. The lowest BCUT2D eigenvalue weighted by Crippen LogP contribution is -2.40. The van der Waals surface area contributed by atoms with Crippen molar-refractivity contribution in [2.45, 2.75) is 6.04 Å². The third-order valence-corrected chi connectivity index (χ3v) is 3.58. The summed E-state index contributed by atoms with van der Waals surface area (Å²) in [4.78, 5) is 28.7. The number of carbonyl (C=O) groups is 2. The molecule has 0 aliphatic heterocycles. The first-order chi connectivity index (χ1) is 10.7. The van der Waals surface area contributed by atoms with Gasteiger partial charge in [-0.15, -0.1) is 0 Å². The van der Waals surface area contributed by atoms with Crippen molar-refractivity contribution in [3.8, 4) is 0 Å². The predicted molar refractivity (Wildman–Crippen MR) is 82.6 cm³/mol. The highest BCUT2D eigenvalue weighted by Gasteiger charge is 2.26. The molecule has 1 aromatic heterocycles. The van der Waals surface area contributed by atoms with Crippen LogP contribution in [0.1, 0.15) is 11.7 Å². The number of fused-ring (bicyclic) bond motifs is 1. The zero-order valence-electron chi connectivity index (χ0n) is 12.0. The minimum absolute atomic E-state index is 0.291. The molecule has 0 radical (unpaired) electrons. The van der Waals surface area contributed by atoms with Crippen molar-refractivity contribution >= 4 is 11.8 Å². The number of carbonyl (C=O) groups excluding carboxylic acids is 2. The van der Waals surface area contributed by atoms with Crippen LogP contribution in [-0.4, -0.2) is 23.8 Å². The normalized spacial score (nSPS) is 16.3. The second kappa shape index (κ2) is 5.81. The van der Waals surface area contributed by atoms with Gasteiger partial charge in [-0.25, -0.2) is 0 Å². The molecule has 0 saturated carbocycles. The molecule has 2 N–H and O–H groups in total. The van der Waals surface area contributed by atoms with Crippen LogP contribution in [0.2, 0.25) is 0 Å². The lowest BCUT2D eigenvalue weighted by molar-refractivity contribution is -0.127. The van der Waals surface area contributed by atoms with Gasteiger partial charge in [-0.05, 0) is 29.4 Å². The van der Waals surface area contributed by atoms with Gasteiger partial charge in [0, 0.05) is 18.8 Å². The van der Waals surface area contributed by atoms with Crippen molar-refractivity contribution in [3.05, 3.63) is 77.2 Å². The molecule has 5 nitrogen and oxygen atoms in total. The van der Waals surface area contributed by atoms with Crippen LogP contribution in [0.3, 0.4) is 0 Å². The highest BCUT2D eigenvalue weighted by atomic mass is 16.2. The van der Waals surface area contributed by atoms with E-state index in [1.165, 1.54) is 7.05 Å². The molecule has 3 rings (SSSR count). The number of likely N-dealkylation sites (N-methyl/N-ethyl adjacent to an activating group) is 1. The van der Waals surface area contributed by atoms with E-state index in [-0.39, 0.29) is 11.8 Å². The molecule has 1 atom stereocenters. The second-order valence-corrected chi connectivity index (χ2v) is 4.92. The molecule has 2 aliphatic rings. The van der Waals surface area contributed by atoms with Gasteiger partial charge in [0.2, 0.25) is 5.91 Å². The first kappa shape index (κ1) is 14.0. The quantitative estimate of drug-likeness (QED) is 0.880. The standard InChI is InChI=1S/C17H15N3O2/c1-18-17(22)15(14-7-2-3-10-19-14)20-16(21)13-9-8-11-5-4-6-12(11)13/h2-10,15H,1H3,(H,18,22)(H,20,21). The van der Waals surface area contributed by atoms with Crippen molar-refractivity contribution in [2.24, 2.45) is 0 Å². The Balaban J connectivity index is 1.86. The molecular formula is C17H15N3O2. The molecule has 1 aromatic rings. The molecule has 0 spiro atoms. The van der Waals surface area contributed by atoms with Gasteiger partial charge in [-0.3, -0.25) is 14.6 Å². The minimum Gasteiger partial charge on any atom is -0.357 e. The SMILES string of the molecule is CNC(=O)C(NC(=O)C1=C2C=CC=C2C=C1)c1ccccn1. The molecule has 2 aliphatic carbocycles. The van der Waals surface area contributed by atoms with Gasteiger partial charge in [0.05, 0.1) is 5.69 Å². The van der Waals surface area contributed by atoms with Crippen molar-refractivity contribution in [2.75, 3.05) is 7.05 Å². The monoisotopic (exact) mass is 293 g/mol. The fourth-order valence-corrected chi connectivity index (χ4v) is 2.46. The fraction of sp³-hybridized carbons (Fsp3) is 0.118. The van der Waals surface area contributed by atoms with E-state index in [0.717, 1.165) is 11.1 Å². The number of aromatic nitrogens is 1. The highest BCUT2D eigenvalue weighted by Crippen LogP contribution is 2.30. The van der Waals surface area contributed by atoms with Crippen molar-refractivity contribution in [3.63, 3.8) is 0 Å². The van der Waals surface area contributed by atoms with E-state index < -0.39 is 6.04 Å². The third-order valence-electron chi connectivity index (χ3n) is 3.58. The van der Waals surface area contributed by atoms with Crippen LogP contribution in [0.15, 0.2) is 71.5 Å². The summed E-state index contributed by atoms with van der Waals surface area (Å²) in [6.45, 7) is 0. The van der Waals surface area contributed by atoms with Gasteiger partial charge in [-0.1, -0.05) is 30.4 Å². The number of hydrogen-bond donors (Lipinski definition) is 2. The van der Waals surface area contributed by atoms with Crippen LogP contribution in [0.4, 0.5) is 0 Å². The second-order valence-electron chi connectivity index (χ2n) is 4.92. The maximum Gasteiger partial charge on any atom is 0.252 e. The van der Waals surface area contributed by atoms with E-state index in [9.17, 15) is 9.59 Å². The van der Waals surface area contributed by atoms with Crippen LogP contribution in [0, 0.1) is 0 Å². The summed E-state index contributed by atoms with van der Waals surface area (Å²) in [5.74, 6) is -0.599. The summed E-state index contributed by atoms with van der Waals surface area (Å²) in [5, 5.41) is 5.31. The van der Waals surface area contributed by atoms with E-state index in [1.807, 2.05) is 24.3 Å². The number of nitrogens with one attached hydrogen (secondary N) is 2. The maximum atomic E-state index is 12.5. The Morgan fingerprint density at radius 1 is 1.18 bits per heavy atom. The van der Waals surface area contributed by atoms with Crippen LogP contribution in [0.25, 0.3) is 0 Å². The number of amides is 2. The zero-order chi connectivity index (χ0) is 15.5. The summed E-state index contributed by atoms with van der Waals surface area (Å²) in [6, 6.07) is 4.43. The molecule has 110 valence electrons. The summed E-state index contributed by atoms with van der Waals surface area (Å²) < 4.78 is 0. The van der Waals surface area contributed by atoms with Crippen molar-refractivity contribution < 1.29 is 9.59 Å². The van der Waals surface area contributed by atoms with Crippen LogP contribution >= 0.6 is 0 Å². The third kappa shape index (κ3) is 2.48. The lowest BCUT2D eigenvalue weighted by atomic mass is 10.1. The van der Waals surface area contributed by atoms with Crippen molar-refractivity contribution in [1.82, 2.24) is 15.6 Å². The van der Waals surface area contributed by atoms with Gasteiger partial charge in [0.25, 0.3) is 5.91 Å². The minimum atomic E-state index is -0.821. The smallest absolute Gasteiger partial charge is 0.252 e. The number of allylic oxidation sites excluding steroid dienone is 6. The fourth-order valence-electron chi connectivity index (χ4n) is 2.46. The molecule has 22 heavy (non-hydrogen) atoms. The Hall–Kier alpha value is -2.95. The summed E-state index contributed by atoms with van der Waals surface area (Å²) in [6.07, 6.45) is 11.0. The largest absolute Gasteiger partial charge is 0.357 e. The van der Waals surface area contributed by atoms with Crippen LogP contribution < -0.4 is 10.6 Å². The van der Waals surface area contributed by atoms with E-state index in [2.05, 4.69) is 15.6 Å². The number of rotatable bonds is 4. The topological polar surface area (TPSA) is 71.1 Å². The number of pyridine rings is 1.